The van der Waals surface area contributed by atoms with Gasteiger partial charge in [0.2, 0.25) is 0 Å². The second kappa shape index (κ2) is 6.62. The SMILES string of the molecule is CC(C)C(CCC1CC1)CN1CC2C=CC(C(F)(F)F)=CC2C1. The maximum Gasteiger partial charge on any atom is 0.416 e. The van der Waals surface area contributed by atoms with Gasteiger partial charge in [0.05, 0.1) is 5.57 Å². The molecule has 2 fully saturated rings. The van der Waals surface area contributed by atoms with Crippen molar-refractivity contribution in [3.05, 3.63) is 23.8 Å². The van der Waals surface area contributed by atoms with Crippen molar-refractivity contribution in [2.75, 3.05) is 19.6 Å². The van der Waals surface area contributed by atoms with Gasteiger partial charge in [-0.05, 0) is 36.0 Å². The van der Waals surface area contributed by atoms with Crippen LogP contribution in [0.4, 0.5) is 13.2 Å². The molecule has 0 N–H and O–H groups in total. The van der Waals surface area contributed by atoms with Gasteiger partial charge in [0.1, 0.15) is 0 Å². The fraction of sp³-hybridized carbons (Fsp3) is 0.789. The van der Waals surface area contributed by atoms with E-state index in [0.29, 0.717) is 11.8 Å². The summed E-state index contributed by atoms with van der Waals surface area (Å²) in [4.78, 5) is 2.40. The number of hydrogen-bond donors (Lipinski definition) is 0. The fourth-order valence-electron chi connectivity index (χ4n) is 4.00. The Bertz CT molecular complexity index is 473. The van der Waals surface area contributed by atoms with E-state index in [4.69, 9.17) is 0 Å². The number of nitrogens with zero attached hydrogens (tertiary/aromatic N) is 1. The molecule has 2 aliphatic carbocycles. The third kappa shape index (κ3) is 4.40. The Balaban J connectivity index is 1.56. The summed E-state index contributed by atoms with van der Waals surface area (Å²) in [5.41, 5.74) is -0.463. The van der Waals surface area contributed by atoms with E-state index in [-0.39, 0.29) is 11.8 Å². The van der Waals surface area contributed by atoms with E-state index in [9.17, 15) is 13.2 Å². The van der Waals surface area contributed by atoms with Crippen molar-refractivity contribution in [3.63, 3.8) is 0 Å². The van der Waals surface area contributed by atoms with Gasteiger partial charge in [0.25, 0.3) is 0 Å². The zero-order valence-corrected chi connectivity index (χ0v) is 14.1. The molecule has 1 nitrogen and oxygen atoms in total. The van der Waals surface area contributed by atoms with E-state index in [1.54, 1.807) is 6.08 Å². The molecular weight excluding hydrogens is 299 g/mol. The Hall–Kier alpha value is -0.770. The van der Waals surface area contributed by atoms with E-state index in [1.807, 2.05) is 0 Å². The minimum atomic E-state index is -4.21. The molecule has 3 aliphatic rings. The highest BCUT2D eigenvalue weighted by Crippen LogP contribution is 2.39. The maximum absolute atomic E-state index is 12.9. The Kier molecular flexibility index (Phi) is 4.91. The van der Waals surface area contributed by atoms with E-state index < -0.39 is 11.7 Å². The molecule has 0 radical (unpaired) electrons. The van der Waals surface area contributed by atoms with Gasteiger partial charge in [-0.2, -0.15) is 13.2 Å². The molecule has 1 saturated heterocycles. The van der Waals surface area contributed by atoms with E-state index >= 15 is 0 Å². The van der Waals surface area contributed by atoms with Crippen molar-refractivity contribution in [1.82, 2.24) is 4.90 Å². The predicted octanol–water partition coefficient (Wildman–Crippen LogP) is 5.06. The predicted molar refractivity (Wildman–Crippen MR) is 87.0 cm³/mol. The lowest BCUT2D eigenvalue weighted by atomic mass is 9.88. The molecule has 0 aromatic heterocycles. The van der Waals surface area contributed by atoms with Crippen molar-refractivity contribution >= 4 is 0 Å². The Morgan fingerprint density at radius 2 is 1.87 bits per heavy atom. The highest BCUT2D eigenvalue weighted by molar-refractivity contribution is 5.31. The number of likely N-dealkylation sites (tertiary alicyclic amines) is 1. The van der Waals surface area contributed by atoms with Crippen molar-refractivity contribution in [2.24, 2.45) is 29.6 Å². The summed E-state index contributed by atoms with van der Waals surface area (Å²) in [6.45, 7) is 7.29. The van der Waals surface area contributed by atoms with Crippen molar-refractivity contribution in [1.29, 1.82) is 0 Å². The lowest BCUT2D eigenvalue weighted by Gasteiger charge is -2.26. The van der Waals surface area contributed by atoms with Crippen LogP contribution in [0.1, 0.15) is 39.5 Å². The first-order valence-electron chi connectivity index (χ1n) is 9.02. The summed E-state index contributed by atoms with van der Waals surface area (Å²) in [7, 11) is 0. The van der Waals surface area contributed by atoms with Crippen LogP contribution < -0.4 is 0 Å². The fourth-order valence-corrected chi connectivity index (χ4v) is 4.00. The molecular formula is C19H28F3N. The average molecular weight is 327 g/mol. The molecule has 1 saturated carbocycles. The minimum Gasteiger partial charge on any atom is -0.302 e. The topological polar surface area (TPSA) is 3.24 Å². The zero-order valence-electron chi connectivity index (χ0n) is 14.1. The van der Waals surface area contributed by atoms with Crippen molar-refractivity contribution < 1.29 is 13.2 Å². The Morgan fingerprint density at radius 3 is 2.48 bits per heavy atom. The average Bonchev–Trinajstić information content (AvgIpc) is 3.19. The van der Waals surface area contributed by atoms with Gasteiger partial charge < -0.3 is 4.90 Å². The van der Waals surface area contributed by atoms with Crippen LogP contribution in [0.25, 0.3) is 0 Å². The third-order valence-electron chi connectivity index (χ3n) is 5.81. The van der Waals surface area contributed by atoms with Crippen LogP contribution in [0.2, 0.25) is 0 Å². The molecule has 130 valence electrons. The van der Waals surface area contributed by atoms with Gasteiger partial charge >= 0.3 is 6.18 Å². The van der Waals surface area contributed by atoms with Crippen molar-refractivity contribution in [3.8, 4) is 0 Å². The molecule has 0 bridgehead atoms. The summed E-state index contributed by atoms with van der Waals surface area (Å²) < 4.78 is 38.6. The van der Waals surface area contributed by atoms with Crippen LogP contribution in [-0.2, 0) is 0 Å². The lowest BCUT2D eigenvalue weighted by molar-refractivity contribution is -0.0890. The normalized spacial score (nSPS) is 29.7. The molecule has 1 aliphatic heterocycles. The van der Waals surface area contributed by atoms with Gasteiger partial charge in [-0.25, -0.2) is 0 Å². The van der Waals surface area contributed by atoms with Crippen LogP contribution >= 0.6 is 0 Å². The van der Waals surface area contributed by atoms with Gasteiger partial charge in [0, 0.05) is 19.6 Å². The smallest absolute Gasteiger partial charge is 0.302 e. The van der Waals surface area contributed by atoms with Gasteiger partial charge in [-0.1, -0.05) is 51.3 Å². The third-order valence-corrected chi connectivity index (χ3v) is 5.81. The van der Waals surface area contributed by atoms with Gasteiger partial charge in [-0.15, -0.1) is 0 Å². The summed E-state index contributed by atoms with van der Waals surface area (Å²) in [6, 6.07) is 0. The number of alkyl halides is 3. The van der Waals surface area contributed by atoms with E-state index in [1.165, 1.54) is 37.8 Å². The van der Waals surface area contributed by atoms with E-state index in [0.717, 1.165) is 25.6 Å². The van der Waals surface area contributed by atoms with Crippen LogP contribution in [0.5, 0.6) is 0 Å². The van der Waals surface area contributed by atoms with E-state index in [2.05, 4.69) is 18.7 Å². The number of allylic oxidation sites excluding steroid dienone is 2. The lowest BCUT2D eigenvalue weighted by Crippen LogP contribution is -2.30. The first-order valence-corrected chi connectivity index (χ1v) is 9.02. The highest BCUT2D eigenvalue weighted by Gasteiger charge is 2.39. The molecule has 0 spiro atoms. The monoisotopic (exact) mass is 327 g/mol. The van der Waals surface area contributed by atoms with Crippen LogP contribution in [0.3, 0.4) is 0 Å². The molecule has 0 aromatic carbocycles. The standard InChI is InChI=1S/C19H28F3N/c1-13(2)15(6-5-14-3-4-14)10-23-11-16-7-8-18(19(20,21)22)9-17(16)12-23/h7-9,13-17H,3-6,10-12H2,1-2H3. The number of fused-ring (bicyclic) bond motifs is 1. The quantitative estimate of drug-likeness (QED) is 0.659. The summed E-state index contributed by atoms with van der Waals surface area (Å²) in [5.74, 6) is 2.57. The largest absolute Gasteiger partial charge is 0.416 e. The summed E-state index contributed by atoms with van der Waals surface area (Å²) >= 11 is 0. The first kappa shape index (κ1) is 17.1. The number of hydrogen-bond acceptors (Lipinski definition) is 1. The molecule has 3 unspecified atom stereocenters. The second-order valence-corrected chi connectivity index (χ2v) is 8.05. The molecule has 1 heterocycles. The first-order chi connectivity index (χ1) is 10.8. The molecule has 23 heavy (non-hydrogen) atoms. The van der Waals surface area contributed by atoms with Crippen LogP contribution in [-0.4, -0.2) is 30.7 Å². The summed E-state index contributed by atoms with van der Waals surface area (Å²) in [5, 5.41) is 0. The Labute approximate surface area is 137 Å². The molecule has 0 amide bonds. The van der Waals surface area contributed by atoms with Crippen molar-refractivity contribution in [2.45, 2.75) is 45.7 Å². The minimum absolute atomic E-state index is 0.0351. The maximum atomic E-state index is 12.9. The van der Waals surface area contributed by atoms with Crippen LogP contribution in [0, 0.1) is 29.6 Å². The zero-order chi connectivity index (χ0) is 16.6. The van der Waals surface area contributed by atoms with Crippen LogP contribution in [0.15, 0.2) is 23.8 Å². The second-order valence-electron chi connectivity index (χ2n) is 8.05. The number of halogens is 3. The molecule has 3 atom stereocenters. The molecule has 4 heteroatoms. The summed E-state index contributed by atoms with van der Waals surface area (Å²) in [6.07, 6.45) is 5.71. The number of rotatable bonds is 6. The van der Waals surface area contributed by atoms with Gasteiger partial charge in [0.15, 0.2) is 0 Å². The Morgan fingerprint density at radius 1 is 1.17 bits per heavy atom. The molecule has 0 aromatic rings. The molecule has 3 rings (SSSR count). The highest BCUT2D eigenvalue weighted by atomic mass is 19.4. The van der Waals surface area contributed by atoms with Gasteiger partial charge in [-0.3, -0.25) is 0 Å².